The topological polar surface area (TPSA) is 59.7 Å². The van der Waals surface area contributed by atoms with Gasteiger partial charge in [0, 0.05) is 12.1 Å². The number of phenols is 1. The van der Waals surface area contributed by atoms with E-state index in [2.05, 4.69) is 0 Å². The number of fused-ring (bicyclic) bond motifs is 1. The molecule has 1 N–H and O–H groups in total. The zero-order valence-electron chi connectivity index (χ0n) is 10.8. The Morgan fingerprint density at radius 1 is 1.10 bits per heavy atom. The molecular weight excluding hydrogens is 256 g/mol. The number of rotatable bonds is 2. The van der Waals surface area contributed by atoms with E-state index in [1.165, 1.54) is 19.2 Å². The van der Waals surface area contributed by atoms with Crippen LogP contribution in [0.1, 0.15) is 0 Å². The molecule has 1 aromatic heterocycles. The van der Waals surface area contributed by atoms with Crippen molar-refractivity contribution in [2.45, 2.75) is 0 Å². The molecule has 0 amide bonds. The van der Waals surface area contributed by atoms with Crippen LogP contribution in [-0.4, -0.2) is 12.2 Å². The lowest BCUT2D eigenvalue weighted by molar-refractivity contribution is 0.408. The number of para-hydroxylation sites is 1. The number of hydrogen-bond donors (Lipinski definition) is 1. The Balaban J connectivity index is 2.22. The van der Waals surface area contributed by atoms with Crippen LogP contribution < -0.4 is 10.2 Å². The van der Waals surface area contributed by atoms with Crippen LogP contribution in [0.3, 0.4) is 0 Å². The van der Waals surface area contributed by atoms with E-state index in [9.17, 15) is 9.90 Å². The molecule has 2 aromatic carbocycles. The smallest absolute Gasteiger partial charge is 0.193 e. The molecule has 0 radical (unpaired) electrons. The van der Waals surface area contributed by atoms with Crippen molar-refractivity contribution in [3.8, 4) is 22.8 Å². The Labute approximate surface area is 114 Å². The van der Waals surface area contributed by atoms with E-state index in [-0.39, 0.29) is 11.2 Å². The maximum Gasteiger partial charge on any atom is 0.193 e. The maximum atomic E-state index is 12.0. The molecule has 0 saturated carbocycles. The van der Waals surface area contributed by atoms with Crippen LogP contribution in [0.4, 0.5) is 0 Å². The zero-order valence-corrected chi connectivity index (χ0v) is 10.8. The van der Waals surface area contributed by atoms with Crippen molar-refractivity contribution in [3.05, 3.63) is 58.8 Å². The average molecular weight is 268 g/mol. The molecule has 20 heavy (non-hydrogen) atoms. The monoisotopic (exact) mass is 268 g/mol. The molecule has 100 valence electrons. The van der Waals surface area contributed by atoms with E-state index < -0.39 is 0 Å². The first-order chi connectivity index (χ1) is 9.69. The van der Waals surface area contributed by atoms with Gasteiger partial charge in [-0.15, -0.1) is 0 Å². The largest absolute Gasteiger partial charge is 0.507 e. The second-order valence-corrected chi connectivity index (χ2v) is 4.35. The summed E-state index contributed by atoms with van der Waals surface area (Å²) in [6, 6.07) is 13.2. The standard InChI is InChI=1S/C16H12O4/c1-19-10-6-7-12(13(17)8-10)16-9-14(18)11-4-2-3-5-15(11)20-16/h2-9,17H,1H3. The molecule has 3 aromatic rings. The van der Waals surface area contributed by atoms with E-state index in [4.69, 9.17) is 9.15 Å². The Kier molecular flexibility index (Phi) is 2.91. The summed E-state index contributed by atoms with van der Waals surface area (Å²) in [6.45, 7) is 0. The average Bonchev–Trinajstić information content (AvgIpc) is 2.47. The van der Waals surface area contributed by atoms with Gasteiger partial charge in [0.05, 0.1) is 18.1 Å². The van der Waals surface area contributed by atoms with Crippen molar-refractivity contribution in [1.82, 2.24) is 0 Å². The molecule has 0 aliphatic rings. The van der Waals surface area contributed by atoms with E-state index in [0.717, 1.165) is 0 Å². The van der Waals surface area contributed by atoms with Crippen LogP contribution in [0, 0.1) is 0 Å². The van der Waals surface area contributed by atoms with Crippen molar-refractivity contribution in [1.29, 1.82) is 0 Å². The van der Waals surface area contributed by atoms with Gasteiger partial charge in [-0.25, -0.2) is 0 Å². The van der Waals surface area contributed by atoms with Gasteiger partial charge in [0.15, 0.2) is 5.43 Å². The summed E-state index contributed by atoms with van der Waals surface area (Å²) in [5.74, 6) is 0.867. The number of benzene rings is 2. The third-order valence-corrected chi connectivity index (χ3v) is 3.10. The minimum absolute atomic E-state index is 0.00258. The molecule has 0 saturated heterocycles. The maximum absolute atomic E-state index is 12.0. The second-order valence-electron chi connectivity index (χ2n) is 4.35. The predicted octanol–water partition coefficient (Wildman–Crippen LogP) is 3.17. The summed E-state index contributed by atoms with van der Waals surface area (Å²) in [6.07, 6.45) is 0. The van der Waals surface area contributed by atoms with E-state index in [1.807, 2.05) is 0 Å². The highest BCUT2D eigenvalue weighted by Gasteiger charge is 2.11. The van der Waals surface area contributed by atoms with Crippen LogP contribution in [0.15, 0.2) is 57.7 Å². The van der Waals surface area contributed by atoms with E-state index >= 15 is 0 Å². The first-order valence-corrected chi connectivity index (χ1v) is 6.09. The fourth-order valence-electron chi connectivity index (χ4n) is 2.08. The minimum atomic E-state index is -0.142. The summed E-state index contributed by atoms with van der Waals surface area (Å²) in [4.78, 5) is 12.0. The Morgan fingerprint density at radius 3 is 2.65 bits per heavy atom. The first kappa shape index (κ1) is 12.3. The zero-order chi connectivity index (χ0) is 14.1. The molecule has 0 aliphatic carbocycles. The van der Waals surface area contributed by atoms with Gasteiger partial charge in [0.2, 0.25) is 0 Å². The number of ether oxygens (including phenoxy) is 1. The summed E-state index contributed by atoms with van der Waals surface area (Å²) < 4.78 is 10.7. The van der Waals surface area contributed by atoms with Crippen LogP contribution in [-0.2, 0) is 0 Å². The lowest BCUT2D eigenvalue weighted by Gasteiger charge is -2.07. The SMILES string of the molecule is COc1ccc(-c2cc(=O)c3ccccc3o2)c(O)c1. The van der Waals surface area contributed by atoms with Gasteiger partial charge >= 0.3 is 0 Å². The molecule has 0 atom stereocenters. The molecule has 0 unspecified atom stereocenters. The highest BCUT2D eigenvalue weighted by molar-refractivity contribution is 5.79. The first-order valence-electron chi connectivity index (χ1n) is 6.09. The van der Waals surface area contributed by atoms with E-state index in [1.54, 1.807) is 36.4 Å². The quantitative estimate of drug-likeness (QED) is 0.775. The number of phenolic OH excluding ortho intramolecular Hbond substituents is 1. The van der Waals surface area contributed by atoms with Crippen molar-refractivity contribution < 1.29 is 14.3 Å². The fourth-order valence-corrected chi connectivity index (χ4v) is 2.08. The van der Waals surface area contributed by atoms with Crippen molar-refractivity contribution >= 4 is 11.0 Å². The van der Waals surface area contributed by atoms with Crippen LogP contribution in [0.5, 0.6) is 11.5 Å². The third kappa shape index (κ3) is 2.01. The molecule has 1 heterocycles. The van der Waals surface area contributed by atoms with Gasteiger partial charge in [-0.3, -0.25) is 4.79 Å². The third-order valence-electron chi connectivity index (χ3n) is 3.10. The van der Waals surface area contributed by atoms with Crippen LogP contribution in [0.25, 0.3) is 22.3 Å². The van der Waals surface area contributed by atoms with Gasteiger partial charge in [-0.05, 0) is 24.3 Å². The lowest BCUT2D eigenvalue weighted by atomic mass is 10.1. The summed E-state index contributed by atoms with van der Waals surface area (Å²) in [5.41, 5.74) is 0.802. The van der Waals surface area contributed by atoms with Gasteiger partial charge < -0.3 is 14.3 Å². The number of methoxy groups -OCH3 is 1. The molecule has 0 spiro atoms. The van der Waals surface area contributed by atoms with Crippen LogP contribution >= 0.6 is 0 Å². The highest BCUT2D eigenvalue weighted by Crippen LogP contribution is 2.32. The molecule has 3 rings (SSSR count). The summed E-state index contributed by atoms with van der Waals surface area (Å²) >= 11 is 0. The van der Waals surface area contributed by atoms with Gasteiger partial charge in [0.1, 0.15) is 22.8 Å². The van der Waals surface area contributed by atoms with Gasteiger partial charge in [0.25, 0.3) is 0 Å². The van der Waals surface area contributed by atoms with Gasteiger partial charge in [-0.2, -0.15) is 0 Å². The van der Waals surface area contributed by atoms with Crippen molar-refractivity contribution in [2.75, 3.05) is 7.11 Å². The molecule has 4 nitrogen and oxygen atoms in total. The summed E-state index contributed by atoms with van der Waals surface area (Å²) in [7, 11) is 1.52. The Morgan fingerprint density at radius 2 is 1.90 bits per heavy atom. The van der Waals surface area contributed by atoms with E-state index in [0.29, 0.717) is 28.0 Å². The van der Waals surface area contributed by atoms with Gasteiger partial charge in [-0.1, -0.05) is 12.1 Å². The second kappa shape index (κ2) is 4.74. The Bertz CT molecular complexity index is 833. The molecular formula is C16H12O4. The molecule has 0 bridgehead atoms. The molecule has 0 fully saturated rings. The van der Waals surface area contributed by atoms with Crippen molar-refractivity contribution in [2.24, 2.45) is 0 Å². The number of hydrogen-bond acceptors (Lipinski definition) is 4. The highest BCUT2D eigenvalue weighted by atomic mass is 16.5. The van der Waals surface area contributed by atoms with Crippen LogP contribution in [0.2, 0.25) is 0 Å². The minimum Gasteiger partial charge on any atom is -0.507 e. The molecule has 0 aliphatic heterocycles. The summed E-state index contributed by atoms with van der Waals surface area (Å²) in [5, 5.41) is 10.5. The number of aromatic hydroxyl groups is 1. The fraction of sp³-hybridized carbons (Fsp3) is 0.0625. The molecule has 4 heteroatoms. The normalized spacial score (nSPS) is 10.7. The van der Waals surface area contributed by atoms with Crippen molar-refractivity contribution in [3.63, 3.8) is 0 Å². The predicted molar refractivity (Wildman–Crippen MR) is 76.1 cm³/mol. The Hall–Kier alpha value is -2.75. The lowest BCUT2D eigenvalue weighted by Crippen LogP contribution is -2.00.